The molecule has 0 aliphatic rings. The molecule has 0 fully saturated rings. The van der Waals surface area contributed by atoms with Gasteiger partial charge in [-0.15, -0.1) is 0 Å². The van der Waals surface area contributed by atoms with Crippen LogP contribution < -0.4 is 4.74 Å². The lowest BCUT2D eigenvalue weighted by atomic mass is 9.87. The minimum Gasteiger partial charge on any atom is -0.492 e. The summed E-state index contributed by atoms with van der Waals surface area (Å²) in [7, 11) is 0. The van der Waals surface area contributed by atoms with Crippen LogP contribution in [0.2, 0.25) is 0 Å². The second-order valence-corrected chi connectivity index (χ2v) is 6.58. The Morgan fingerprint density at radius 3 is 2.45 bits per heavy atom. The fourth-order valence-corrected chi connectivity index (χ4v) is 2.43. The van der Waals surface area contributed by atoms with Gasteiger partial charge in [0, 0.05) is 11.8 Å². The first-order chi connectivity index (χ1) is 10.4. The summed E-state index contributed by atoms with van der Waals surface area (Å²) in [5, 5.41) is 0.648. The van der Waals surface area contributed by atoms with Crippen LogP contribution in [0.25, 0.3) is 11.1 Å². The summed E-state index contributed by atoms with van der Waals surface area (Å²) in [6.07, 6.45) is 5.36. The zero-order valence-electron chi connectivity index (χ0n) is 13.6. The molecule has 22 heavy (non-hydrogen) atoms. The van der Waals surface area contributed by atoms with Crippen LogP contribution in [-0.2, 0) is 5.41 Å². The van der Waals surface area contributed by atoms with Gasteiger partial charge in [0.25, 0.3) is 0 Å². The predicted molar refractivity (Wildman–Crippen MR) is 94.3 cm³/mol. The Balaban J connectivity index is 2.29. The van der Waals surface area contributed by atoms with E-state index in [0.29, 0.717) is 17.4 Å². The van der Waals surface area contributed by atoms with Crippen molar-refractivity contribution < 1.29 is 4.74 Å². The van der Waals surface area contributed by atoms with Crippen LogP contribution >= 0.6 is 11.6 Å². The molecule has 2 rings (SSSR count). The van der Waals surface area contributed by atoms with Crippen LogP contribution in [0, 0.1) is 0 Å². The van der Waals surface area contributed by atoms with Crippen LogP contribution in [0.3, 0.4) is 0 Å². The summed E-state index contributed by atoms with van der Waals surface area (Å²) in [6, 6.07) is 10.3. The highest BCUT2D eigenvalue weighted by atomic mass is 35.5. The number of pyridine rings is 1. The summed E-state index contributed by atoms with van der Waals surface area (Å²) < 4.78 is 5.57. The molecular formula is C19H22ClNO. The quantitative estimate of drug-likeness (QED) is 0.741. The fraction of sp³-hybridized carbons (Fsp3) is 0.316. The number of hydrogen-bond donors (Lipinski definition) is 0. The third-order valence-corrected chi connectivity index (χ3v) is 3.72. The lowest BCUT2D eigenvalue weighted by molar-refractivity contribution is 0.338. The van der Waals surface area contributed by atoms with Gasteiger partial charge in [0.05, 0.1) is 17.8 Å². The average molecular weight is 316 g/mol. The van der Waals surface area contributed by atoms with Gasteiger partial charge in [0.2, 0.25) is 0 Å². The second-order valence-electron chi connectivity index (χ2n) is 6.17. The molecule has 0 aliphatic carbocycles. The van der Waals surface area contributed by atoms with Gasteiger partial charge in [-0.2, -0.15) is 0 Å². The first kappa shape index (κ1) is 16.6. The highest BCUT2D eigenvalue weighted by Crippen LogP contribution is 2.30. The second kappa shape index (κ2) is 6.97. The van der Waals surface area contributed by atoms with Gasteiger partial charge < -0.3 is 4.74 Å². The molecule has 0 unspecified atom stereocenters. The highest BCUT2D eigenvalue weighted by molar-refractivity contribution is 6.51. The highest BCUT2D eigenvalue weighted by Gasteiger charge is 2.13. The standard InChI is InChI=1S/C19H22ClNO/c1-5-22-18-13-21-11-10-16(18)17(20)12-14-6-8-15(9-7-14)19(2,3)4/h6-13H,5H2,1-4H3/b17-12-. The number of nitrogens with zero attached hydrogens (tertiary/aromatic N) is 1. The van der Waals surface area contributed by atoms with Crippen LogP contribution in [-0.4, -0.2) is 11.6 Å². The van der Waals surface area contributed by atoms with Crippen molar-refractivity contribution in [2.75, 3.05) is 6.61 Å². The van der Waals surface area contributed by atoms with Gasteiger partial charge in [-0.25, -0.2) is 0 Å². The minimum atomic E-state index is 0.152. The van der Waals surface area contributed by atoms with E-state index in [1.165, 1.54) is 5.56 Å². The summed E-state index contributed by atoms with van der Waals surface area (Å²) >= 11 is 6.46. The van der Waals surface area contributed by atoms with Crippen molar-refractivity contribution in [1.82, 2.24) is 4.98 Å². The topological polar surface area (TPSA) is 22.1 Å². The van der Waals surface area contributed by atoms with Crippen molar-refractivity contribution in [1.29, 1.82) is 0 Å². The largest absolute Gasteiger partial charge is 0.492 e. The third kappa shape index (κ3) is 4.11. The van der Waals surface area contributed by atoms with Crippen LogP contribution in [0.15, 0.2) is 42.7 Å². The van der Waals surface area contributed by atoms with Crippen LogP contribution in [0.5, 0.6) is 5.75 Å². The first-order valence-electron chi connectivity index (χ1n) is 7.46. The van der Waals surface area contributed by atoms with E-state index in [9.17, 15) is 0 Å². The molecule has 1 aromatic carbocycles. The fourth-order valence-electron chi connectivity index (χ4n) is 2.15. The van der Waals surface area contributed by atoms with Crippen LogP contribution in [0.1, 0.15) is 44.4 Å². The van der Waals surface area contributed by atoms with Gasteiger partial charge in [-0.1, -0.05) is 56.6 Å². The van der Waals surface area contributed by atoms with Crippen molar-refractivity contribution in [3.63, 3.8) is 0 Å². The number of halogens is 1. The number of ether oxygens (including phenoxy) is 1. The zero-order chi connectivity index (χ0) is 16.2. The molecule has 1 heterocycles. The number of benzene rings is 1. The third-order valence-electron chi connectivity index (χ3n) is 3.41. The zero-order valence-corrected chi connectivity index (χ0v) is 14.3. The molecule has 1 aromatic heterocycles. The van der Waals surface area contributed by atoms with Gasteiger partial charge in [-0.05, 0) is 35.6 Å². The normalized spacial score (nSPS) is 12.3. The maximum Gasteiger partial charge on any atom is 0.146 e. The molecule has 0 saturated heterocycles. The van der Waals surface area contributed by atoms with Crippen molar-refractivity contribution >= 4 is 22.7 Å². The van der Waals surface area contributed by atoms with Crippen molar-refractivity contribution in [2.45, 2.75) is 33.1 Å². The van der Waals surface area contributed by atoms with E-state index in [4.69, 9.17) is 16.3 Å². The Bertz CT molecular complexity index is 654. The predicted octanol–water partition coefficient (Wildman–Crippen LogP) is 5.51. The maximum absolute atomic E-state index is 6.46. The molecule has 0 radical (unpaired) electrons. The lowest BCUT2D eigenvalue weighted by Gasteiger charge is -2.18. The molecule has 0 saturated carbocycles. The maximum atomic E-state index is 6.46. The van der Waals surface area contributed by atoms with Gasteiger partial charge >= 0.3 is 0 Å². The molecule has 0 N–H and O–H groups in total. The lowest BCUT2D eigenvalue weighted by Crippen LogP contribution is -2.10. The van der Waals surface area contributed by atoms with E-state index >= 15 is 0 Å². The SMILES string of the molecule is CCOc1cnccc1/C(Cl)=C/c1ccc(C(C)(C)C)cc1. The summed E-state index contributed by atoms with van der Waals surface area (Å²) in [5.41, 5.74) is 3.38. The van der Waals surface area contributed by atoms with Crippen molar-refractivity contribution in [2.24, 2.45) is 0 Å². The Labute approximate surface area is 137 Å². The van der Waals surface area contributed by atoms with Crippen molar-refractivity contribution in [3.8, 4) is 5.75 Å². The first-order valence-corrected chi connectivity index (χ1v) is 7.84. The number of hydrogen-bond acceptors (Lipinski definition) is 2. The Kier molecular flexibility index (Phi) is 5.25. The Morgan fingerprint density at radius 1 is 1.18 bits per heavy atom. The Hall–Kier alpha value is -1.80. The van der Waals surface area contributed by atoms with Crippen molar-refractivity contribution in [3.05, 3.63) is 59.4 Å². The molecule has 116 valence electrons. The number of rotatable bonds is 4. The molecule has 0 spiro atoms. The smallest absolute Gasteiger partial charge is 0.146 e. The summed E-state index contributed by atoms with van der Waals surface area (Å²) in [4.78, 5) is 4.08. The van der Waals surface area contributed by atoms with E-state index in [1.807, 2.05) is 19.1 Å². The number of aromatic nitrogens is 1. The summed E-state index contributed by atoms with van der Waals surface area (Å²) in [6.45, 7) is 9.14. The minimum absolute atomic E-state index is 0.152. The van der Waals surface area contributed by atoms with Crippen LogP contribution in [0.4, 0.5) is 0 Å². The van der Waals surface area contributed by atoms with E-state index < -0.39 is 0 Å². The van der Waals surface area contributed by atoms with Gasteiger partial charge in [0.1, 0.15) is 5.75 Å². The monoisotopic (exact) mass is 315 g/mol. The van der Waals surface area contributed by atoms with E-state index in [-0.39, 0.29) is 5.41 Å². The Morgan fingerprint density at radius 2 is 1.86 bits per heavy atom. The summed E-state index contributed by atoms with van der Waals surface area (Å²) in [5.74, 6) is 0.706. The molecule has 0 atom stereocenters. The molecule has 0 aliphatic heterocycles. The molecular weight excluding hydrogens is 294 g/mol. The average Bonchev–Trinajstić information content (AvgIpc) is 2.47. The molecule has 3 heteroatoms. The van der Waals surface area contributed by atoms with E-state index in [2.05, 4.69) is 50.0 Å². The molecule has 0 amide bonds. The van der Waals surface area contributed by atoms with Gasteiger partial charge in [0.15, 0.2) is 0 Å². The molecule has 0 bridgehead atoms. The van der Waals surface area contributed by atoms with E-state index in [1.54, 1.807) is 12.4 Å². The van der Waals surface area contributed by atoms with Gasteiger partial charge in [-0.3, -0.25) is 4.98 Å². The van der Waals surface area contributed by atoms with E-state index in [0.717, 1.165) is 11.1 Å². The molecule has 2 aromatic rings. The molecule has 2 nitrogen and oxygen atoms in total.